The van der Waals surface area contributed by atoms with Crippen LogP contribution in [0.15, 0.2) is 87.6 Å². The van der Waals surface area contributed by atoms with Gasteiger partial charge in [0.1, 0.15) is 22.9 Å². The maximum atomic E-state index is 15.0. The van der Waals surface area contributed by atoms with Gasteiger partial charge < -0.3 is 14.6 Å². The van der Waals surface area contributed by atoms with Gasteiger partial charge in [0, 0.05) is 16.7 Å². The molecule has 5 rings (SSSR count). The third-order valence-corrected chi connectivity index (χ3v) is 5.75. The summed E-state index contributed by atoms with van der Waals surface area (Å²) in [7, 11) is 0. The van der Waals surface area contributed by atoms with Crippen LogP contribution in [-0.4, -0.2) is 21.8 Å². The minimum absolute atomic E-state index is 0.00852. The van der Waals surface area contributed by atoms with Gasteiger partial charge in [0.05, 0.1) is 22.4 Å². The molecule has 0 saturated carbocycles. The number of rotatable bonds is 3. The number of benzene rings is 3. The smallest absolute Gasteiger partial charge is 0.344 e. The summed E-state index contributed by atoms with van der Waals surface area (Å²) in [6.45, 7) is 0. The molecule has 0 aliphatic heterocycles. The molecule has 1 aromatic heterocycles. The number of aliphatic hydroxyl groups is 1. The molecule has 1 aliphatic rings. The Morgan fingerprint density at radius 1 is 0.758 bits per heavy atom. The molecule has 0 bridgehead atoms. The van der Waals surface area contributed by atoms with Crippen molar-refractivity contribution in [1.82, 2.24) is 0 Å². The molecule has 1 aliphatic carbocycles. The van der Waals surface area contributed by atoms with Gasteiger partial charge in [-0.05, 0) is 18.2 Å². The zero-order chi connectivity index (χ0) is 23.3. The van der Waals surface area contributed by atoms with Crippen LogP contribution in [0.4, 0.5) is 4.39 Å². The van der Waals surface area contributed by atoms with Crippen LogP contribution in [0.3, 0.4) is 0 Å². The summed E-state index contributed by atoms with van der Waals surface area (Å²) in [5.41, 5.74) is -2.03. The second-order valence-corrected chi connectivity index (χ2v) is 7.57. The minimum atomic E-state index is -1.60. The average Bonchev–Trinajstić information content (AvgIpc) is 2.82. The normalized spacial score (nSPS) is 14.5. The number of carbonyl (C=O) groups excluding carboxylic acids is 2. The third-order valence-electron chi connectivity index (χ3n) is 5.75. The highest BCUT2D eigenvalue weighted by atomic mass is 19.1. The van der Waals surface area contributed by atoms with Crippen molar-refractivity contribution in [3.05, 3.63) is 117 Å². The van der Waals surface area contributed by atoms with Crippen molar-refractivity contribution in [1.29, 1.82) is 0 Å². The summed E-state index contributed by atoms with van der Waals surface area (Å²) in [5.74, 6) is -5.52. The number of Topliss-reactive ketones (excluding diaryl/α,β-unsaturated/α-hetero) is 2. The minimum Gasteiger partial charge on any atom is -0.507 e. The lowest BCUT2D eigenvalue weighted by Gasteiger charge is -2.25. The first-order chi connectivity index (χ1) is 15.9. The highest BCUT2D eigenvalue weighted by Gasteiger charge is 2.41. The number of carbonyl (C=O) groups is 2. The molecule has 162 valence electrons. The van der Waals surface area contributed by atoms with Gasteiger partial charge in [0.15, 0.2) is 0 Å². The maximum absolute atomic E-state index is 15.0. The summed E-state index contributed by atoms with van der Waals surface area (Å²) >= 11 is 0. The van der Waals surface area contributed by atoms with Crippen molar-refractivity contribution in [3.63, 3.8) is 0 Å². The van der Waals surface area contributed by atoms with E-state index in [4.69, 9.17) is 4.42 Å². The molecule has 1 atom stereocenters. The van der Waals surface area contributed by atoms with Crippen molar-refractivity contribution < 1.29 is 28.6 Å². The molecule has 3 aromatic carbocycles. The van der Waals surface area contributed by atoms with Crippen molar-refractivity contribution in [2.45, 2.75) is 5.92 Å². The van der Waals surface area contributed by atoms with Gasteiger partial charge in [-0.3, -0.25) is 9.59 Å². The van der Waals surface area contributed by atoms with E-state index in [1.165, 1.54) is 42.5 Å². The second kappa shape index (κ2) is 7.56. The van der Waals surface area contributed by atoms with Crippen LogP contribution < -0.4 is 5.63 Å². The van der Waals surface area contributed by atoms with Crippen LogP contribution in [0.5, 0.6) is 5.75 Å². The van der Waals surface area contributed by atoms with Crippen molar-refractivity contribution in [2.24, 2.45) is 0 Å². The quantitative estimate of drug-likeness (QED) is 0.358. The molecule has 4 aromatic rings. The highest BCUT2D eigenvalue weighted by Crippen LogP contribution is 2.43. The van der Waals surface area contributed by atoms with E-state index in [1.54, 1.807) is 24.3 Å². The van der Waals surface area contributed by atoms with Gasteiger partial charge >= 0.3 is 5.63 Å². The number of aliphatic hydroxyl groups excluding tert-OH is 1. The molecular formula is C26H15FO6. The van der Waals surface area contributed by atoms with Crippen LogP contribution in [-0.2, 0) is 4.79 Å². The standard InChI is InChI=1S/C26H15FO6/c27-17-11-5-3-9-15(17)19(21-23(29)16-10-4-6-12-18(16)33-26(21)32)20-22(28)13-7-1-2-8-14(13)24(30)25(20)31/h1-12,19,28-29H. The molecule has 0 amide bonds. The number of para-hydroxylation sites is 1. The predicted molar refractivity (Wildman–Crippen MR) is 118 cm³/mol. The lowest BCUT2D eigenvalue weighted by Crippen LogP contribution is -2.30. The first kappa shape index (κ1) is 20.4. The lowest BCUT2D eigenvalue weighted by molar-refractivity contribution is -0.112. The molecule has 2 N–H and O–H groups in total. The van der Waals surface area contributed by atoms with Crippen LogP contribution in [0.1, 0.15) is 33.0 Å². The largest absolute Gasteiger partial charge is 0.507 e. The van der Waals surface area contributed by atoms with E-state index in [0.29, 0.717) is 0 Å². The van der Waals surface area contributed by atoms with Crippen LogP contribution in [0, 0.1) is 5.82 Å². The number of hydrogen-bond donors (Lipinski definition) is 2. The molecule has 0 radical (unpaired) electrons. The molecule has 0 spiro atoms. The molecule has 6 nitrogen and oxygen atoms in total. The molecule has 1 unspecified atom stereocenters. The van der Waals surface area contributed by atoms with Crippen molar-refractivity contribution >= 4 is 28.3 Å². The first-order valence-corrected chi connectivity index (χ1v) is 10.0. The number of fused-ring (bicyclic) bond motifs is 2. The Morgan fingerprint density at radius 2 is 1.39 bits per heavy atom. The monoisotopic (exact) mass is 442 g/mol. The van der Waals surface area contributed by atoms with Crippen LogP contribution in [0.2, 0.25) is 0 Å². The summed E-state index contributed by atoms with van der Waals surface area (Å²) in [6, 6.07) is 17.4. The number of ketones is 2. The van der Waals surface area contributed by atoms with Crippen molar-refractivity contribution in [2.75, 3.05) is 0 Å². The van der Waals surface area contributed by atoms with Gasteiger partial charge in [-0.15, -0.1) is 0 Å². The van der Waals surface area contributed by atoms with E-state index in [2.05, 4.69) is 0 Å². The number of aromatic hydroxyl groups is 1. The lowest BCUT2D eigenvalue weighted by atomic mass is 9.76. The number of halogens is 1. The van der Waals surface area contributed by atoms with E-state index in [9.17, 15) is 29.0 Å². The first-order valence-electron chi connectivity index (χ1n) is 10.0. The van der Waals surface area contributed by atoms with E-state index < -0.39 is 51.6 Å². The van der Waals surface area contributed by atoms with Crippen LogP contribution in [0.25, 0.3) is 16.7 Å². The van der Waals surface area contributed by atoms with E-state index in [0.717, 1.165) is 6.07 Å². The number of hydrogen-bond acceptors (Lipinski definition) is 6. The van der Waals surface area contributed by atoms with Gasteiger partial charge in [0.25, 0.3) is 0 Å². The molecular weight excluding hydrogens is 427 g/mol. The maximum Gasteiger partial charge on any atom is 0.344 e. The Kier molecular flexibility index (Phi) is 4.67. The van der Waals surface area contributed by atoms with Crippen molar-refractivity contribution in [3.8, 4) is 5.75 Å². The Labute approximate surface area is 185 Å². The van der Waals surface area contributed by atoms with Gasteiger partial charge in [-0.1, -0.05) is 54.6 Å². The SMILES string of the molecule is O=C1C(=O)c2ccccc2C(O)=C1C(c1ccccc1F)c1c(O)c2ccccc2oc1=O. The summed E-state index contributed by atoms with van der Waals surface area (Å²) in [5, 5.41) is 22.2. The zero-order valence-corrected chi connectivity index (χ0v) is 16.9. The van der Waals surface area contributed by atoms with E-state index in [-0.39, 0.29) is 27.7 Å². The third kappa shape index (κ3) is 3.05. The Bertz CT molecular complexity index is 1560. The summed E-state index contributed by atoms with van der Waals surface area (Å²) < 4.78 is 20.3. The fourth-order valence-electron chi connectivity index (χ4n) is 4.22. The topological polar surface area (TPSA) is 105 Å². The molecule has 33 heavy (non-hydrogen) atoms. The fraction of sp³-hybridized carbons (Fsp3) is 0.0385. The molecule has 7 heteroatoms. The van der Waals surface area contributed by atoms with Gasteiger partial charge in [0.2, 0.25) is 11.6 Å². The Balaban J connectivity index is 1.91. The Hall–Kier alpha value is -4.52. The predicted octanol–water partition coefficient (Wildman–Crippen LogP) is 4.50. The fourth-order valence-corrected chi connectivity index (χ4v) is 4.22. The summed E-state index contributed by atoms with van der Waals surface area (Å²) in [4.78, 5) is 39.0. The molecule has 1 heterocycles. The highest BCUT2D eigenvalue weighted by molar-refractivity contribution is 6.52. The zero-order valence-electron chi connectivity index (χ0n) is 16.9. The van der Waals surface area contributed by atoms with Gasteiger partial charge in [-0.25, -0.2) is 9.18 Å². The average molecular weight is 442 g/mol. The summed E-state index contributed by atoms with van der Waals surface area (Å²) in [6.07, 6.45) is 0. The Morgan fingerprint density at radius 3 is 2.15 bits per heavy atom. The molecule has 0 saturated heterocycles. The van der Waals surface area contributed by atoms with Gasteiger partial charge in [-0.2, -0.15) is 0 Å². The molecule has 0 fully saturated rings. The number of allylic oxidation sites excluding steroid dienone is 1. The second-order valence-electron chi connectivity index (χ2n) is 7.57. The van der Waals surface area contributed by atoms with E-state index >= 15 is 0 Å². The van der Waals surface area contributed by atoms with Crippen LogP contribution >= 0.6 is 0 Å². The van der Waals surface area contributed by atoms with E-state index in [1.807, 2.05) is 0 Å².